The first-order valence-corrected chi connectivity index (χ1v) is 6.90. The topological polar surface area (TPSA) is 22.0 Å². The summed E-state index contributed by atoms with van der Waals surface area (Å²) < 4.78 is 2.48. The van der Waals surface area contributed by atoms with Crippen LogP contribution in [-0.2, 0) is 6.42 Å². The van der Waals surface area contributed by atoms with E-state index >= 15 is 0 Å². The summed E-state index contributed by atoms with van der Waals surface area (Å²) in [7, 11) is 0. The Hall–Kier alpha value is -1.05. The third-order valence-electron chi connectivity index (χ3n) is 4.49. The normalized spacial score (nSPS) is 28.5. The summed E-state index contributed by atoms with van der Waals surface area (Å²) in [6.07, 6.45) is 6.80. The molecule has 0 aliphatic heterocycles. The van der Waals surface area contributed by atoms with Gasteiger partial charge in [0.25, 0.3) is 0 Å². The zero-order valence-electron chi connectivity index (χ0n) is 10.8. The number of ketones is 1. The Balaban J connectivity index is 2.02. The van der Waals surface area contributed by atoms with Crippen LogP contribution < -0.4 is 0 Å². The third kappa shape index (κ3) is 1.74. The van der Waals surface area contributed by atoms with E-state index in [1.807, 2.05) is 0 Å². The van der Waals surface area contributed by atoms with Crippen molar-refractivity contribution in [2.75, 3.05) is 0 Å². The molecule has 1 fully saturated rings. The van der Waals surface area contributed by atoms with Crippen LogP contribution in [0.5, 0.6) is 0 Å². The SMILES string of the molecule is Cc1cc2c(n1C1CCC(C)C1)CCCC2=O. The van der Waals surface area contributed by atoms with Crippen molar-refractivity contribution in [1.82, 2.24) is 4.57 Å². The number of aromatic nitrogens is 1. The molecule has 2 unspecified atom stereocenters. The van der Waals surface area contributed by atoms with Gasteiger partial charge in [-0.2, -0.15) is 0 Å². The lowest BCUT2D eigenvalue weighted by molar-refractivity contribution is 0.0971. The van der Waals surface area contributed by atoms with Gasteiger partial charge < -0.3 is 4.57 Å². The molecule has 1 aromatic rings. The maximum Gasteiger partial charge on any atom is 0.164 e. The first kappa shape index (κ1) is 11.1. The van der Waals surface area contributed by atoms with E-state index < -0.39 is 0 Å². The minimum Gasteiger partial charge on any atom is -0.345 e. The van der Waals surface area contributed by atoms with E-state index in [9.17, 15) is 4.79 Å². The second kappa shape index (κ2) is 4.01. The standard InChI is InChI=1S/C15H21NO/c1-10-6-7-12(8-10)16-11(2)9-13-14(16)4-3-5-15(13)17/h9-10,12H,3-8H2,1-2H3. The Bertz CT molecular complexity index is 458. The molecule has 0 radical (unpaired) electrons. The number of rotatable bonds is 1. The number of aryl methyl sites for hydroxylation is 1. The maximum atomic E-state index is 11.9. The highest BCUT2D eigenvalue weighted by Crippen LogP contribution is 2.38. The molecule has 0 amide bonds. The van der Waals surface area contributed by atoms with Gasteiger partial charge in [0, 0.05) is 29.4 Å². The van der Waals surface area contributed by atoms with Crippen molar-refractivity contribution in [3.05, 3.63) is 23.0 Å². The van der Waals surface area contributed by atoms with Gasteiger partial charge in [-0.05, 0) is 51.0 Å². The summed E-state index contributed by atoms with van der Waals surface area (Å²) in [6.45, 7) is 4.50. The van der Waals surface area contributed by atoms with E-state index in [-0.39, 0.29) is 0 Å². The van der Waals surface area contributed by atoms with Gasteiger partial charge in [-0.3, -0.25) is 4.79 Å². The molecule has 1 heterocycles. The average molecular weight is 231 g/mol. The summed E-state index contributed by atoms with van der Waals surface area (Å²) in [5.41, 5.74) is 3.65. The first-order valence-electron chi connectivity index (χ1n) is 6.90. The van der Waals surface area contributed by atoms with Crippen LogP contribution in [0.1, 0.15) is 66.8 Å². The summed E-state index contributed by atoms with van der Waals surface area (Å²) >= 11 is 0. The monoisotopic (exact) mass is 231 g/mol. The van der Waals surface area contributed by atoms with E-state index in [0.29, 0.717) is 11.8 Å². The van der Waals surface area contributed by atoms with Crippen LogP contribution in [0, 0.1) is 12.8 Å². The lowest BCUT2D eigenvalue weighted by Gasteiger charge is -2.21. The van der Waals surface area contributed by atoms with E-state index in [0.717, 1.165) is 30.7 Å². The lowest BCUT2D eigenvalue weighted by Crippen LogP contribution is -2.16. The average Bonchev–Trinajstić information content (AvgIpc) is 2.82. The molecule has 0 N–H and O–H groups in total. The summed E-state index contributed by atoms with van der Waals surface area (Å²) in [6, 6.07) is 2.78. The van der Waals surface area contributed by atoms with Crippen LogP contribution in [0.15, 0.2) is 6.07 Å². The van der Waals surface area contributed by atoms with Crippen LogP contribution in [-0.4, -0.2) is 10.4 Å². The number of hydrogen-bond acceptors (Lipinski definition) is 1. The fraction of sp³-hybridized carbons (Fsp3) is 0.667. The molecule has 3 rings (SSSR count). The van der Waals surface area contributed by atoms with Crippen molar-refractivity contribution < 1.29 is 4.79 Å². The summed E-state index contributed by atoms with van der Waals surface area (Å²) in [5.74, 6) is 1.20. The molecule has 2 aliphatic rings. The van der Waals surface area contributed by atoms with E-state index in [1.165, 1.54) is 30.7 Å². The van der Waals surface area contributed by atoms with Crippen LogP contribution in [0.4, 0.5) is 0 Å². The number of carbonyl (C=O) groups is 1. The van der Waals surface area contributed by atoms with Gasteiger partial charge >= 0.3 is 0 Å². The van der Waals surface area contributed by atoms with E-state index in [4.69, 9.17) is 0 Å². The van der Waals surface area contributed by atoms with Crippen molar-refractivity contribution in [3.63, 3.8) is 0 Å². The van der Waals surface area contributed by atoms with Gasteiger partial charge in [-0.25, -0.2) is 0 Å². The molecule has 92 valence electrons. The Labute approximate surface area is 103 Å². The fourth-order valence-corrected chi connectivity index (χ4v) is 3.67. The molecule has 1 aromatic heterocycles. The Morgan fingerprint density at radius 2 is 2.12 bits per heavy atom. The van der Waals surface area contributed by atoms with Crippen LogP contribution in [0.25, 0.3) is 0 Å². The van der Waals surface area contributed by atoms with Gasteiger partial charge in [0.1, 0.15) is 0 Å². The molecule has 2 aliphatic carbocycles. The lowest BCUT2D eigenvalue weighted by atomic mass is 9.96. The van der Waals surface area contributed by atoms with Crippen molar-refractivity contribution in [1.29, 1.82) is 0 Å². The zero-order valence-corrected chi connectivity index (χ0v) is 10.8. The van der Waals surface area contributed by atoms with Gasteiger partial charge in [-0.15, -0.1) is 0 Å². The van der Waals surface area contributed by atoms with Gasteiger partial charge in [-0.1, -0.05) is 6.92 Å². The van der Waals surface area contributed by atoms with Crippen LogP contribution in [0.2, 0.25) is 0 Å². The van der Waals surface area contributed by atoms with E-state index in [2.05, 4.69) is 24.5 Å². The second-order valence-electron chi connectivity index (χ2n) is 5.86. The van der Waals surface area contributed by atoms with Crippen molar-refractivity contribution >= 4 is 5.78 Å². The Kier molecular flexibility index (Phi) is 2.61. The summed E-state index contributed by atoms with van der Waals surface area (Å²) in [5, 5.41) is 0. The third-order valence-corrected chi connectivity index (χ3v) is 4.49. The number of fused-ring (bicyclic) bond motifs is 1. The van der Waals surface area contributed by atoms with Gasteiger partial charge in [0.05, 0.1) is 0 Å². The largest absolute Gasteiger partial charge is 0.345 e. The molecule has 2 heteroatoms. The number of Topliss-reactive ketones (excluding diaryl/α,β-unsaturated/α-hetero) is 1. The molecule has 2 atom stereocenters. The number of carbonyl (C=O) groups excluding carboxylic acids is 1. The molecular weight excluding hydrogens is 210 g/mol. The van der Waals surface area contributed by atoms with E-state index in [1.54, 1.807) is 0 Å². The molecule has 1 saturated carbocycles. The molecule has 0 aromatic carbocycles. The maximum absolute atomic E-state index is 11.9. The number of hydrogen-bond donors (Lipinski definition) is 0. The second-order valence-corrected chi connectivity index (χ2v) is 5.86. The van der Waals surface area contributed by atoms with Crippen molar-refractivity contribution in [2.45, 2.75) is 58.4 Å². The Morgan fingerprint density at radius 1 is 1.29 bits per heavy atom. The summed E-state index contributed by atoms with van der Waals surface area (Å²) in [4.78, 5) is 11.9. The van der Waals surface area contributed by atoms with Gasteiger partial charge in [0.2, 0.25) is 0 Å². The predicted molar refractivity (Wildman–Crippen MR) is 68.5 cm³/mol. The highest BCUT2D eigenvalue weighted by Gasteiger charge is 2.29. The molecular formula is C15H21NO. The Morgan fingerprint density at radius 3 is 2.82 bits per heavy atom. The molecule has 0 saturated heterocycles. The molecule has 17 heavy (non-hydrogen) atoms. The van der Waals surface area contributed by atoms with Gasteiger partial charge in [0.15, 0.2) is 5.78 Å². The molecule has 0 bridgehead atoms. The highest BCUT2D eigenvalue weighted by molar-refractivity contribution is 5.98. The number of nitrogens with zero attached hydrogens (tertiary/aromatic N) is 1. The first-order chi connectivity index (χ1) is 8.16. The fourth-order valence-electron chi connectivity index (χ4n) is 3.67. The van der Waals surface area contributed by atoms with Crippen LogP contribution in [0.3, 0.4) is 0 Å². The molecule has 2 nitrogen and oxygen atoms in total. The zero-order chi connectivity index (χ0) is 12.0. The minimum atomic E-state index is 0.360. The highest BCUT2D eigenvalue weighted by atomic mass is 16.1. The van der Waals surface area contributed by atoms with Crippen molar-refractivity contribution in [2.24, 2.45) is 5.92 Å². The quantitative estimate of drug-likeness (QED) is 0.722. The molecule has 0 spiro atoms. The van der Waals surface area contributed by atoms with Crippen LogP contribution >= 0.6 is 0 Å². The minimum absolute atomic E-state index is 0.360. The predicted octanol–water partition coefficient (Wildman–Crippen LogP) is 3.68. The smallest absolute Gasteiger partial charge is 0.164 e. The van der Waals surface area contributed by atoms with Crippen molar-refractivity contribution in [3.8, 4) is 0 Å².